The van der Waals surface area contributed by atoms with Crippen LogP contribution in [-0.4, -0.2) is 31.4 Å². The number of anilines is 1. The van der Waals surface area contributed by atoms with Crippen molar-refractivity contribution in [2.45, 2.75) is 18.3 Å². The third-order valence-corrected chi connectivity index (χ3v) is 5.64. The fourth-order valence-corrected chi connectivity index (χ4v) is 3.92. The Morgan fingerprint density at radius 1 is 1.06 bits per heavy atom. The van der Waals surface area contributed by atoms with E-state index in [4.69, 9.17) is 0 Å². The van der Waals surface area contributed by atoms with E-state index in [0.717, 1.165) is 40.7 Å². The van der Waals surface area contributed by atoms with Crippen LogP contribution in [0.3, 0.4) is 0 Å². The van der Waals surface area contributed by atoms with Crippen molar-refractivity contribution in [2.75, 3.05) is 11.1 Å². The van der Waals surface area contributed by atoms with E-state index in [-0.39, 0.29) is 11.4 Å². The highest BCUT2D eigenvalue weighted by Crippen LogP contribution is 2.31. The fourth-order valence-electron chi connectivity index (χ4n) is 3.18. The number of carbonyl (C=O) groups is 1. The molecule has 33 heavy (non-hydrogen) atoms. The molecule has 2 heterocycles. The van der Waals surface area contributed by atoms with Crippen LogP contribution in [0.15, 0.2) is 78.2 Å². The van der Waals surface area contributed by atoms with Crippen molar-refractivity contribution in [3.8, 4) is 17.1 Å². The van der Waals surface area contributed by atoms with Crippen LogP contribution in [0.1, 0.15) is 11.1 Å². The largest absolute Gasteiger partial charge is 0.416 e. The van der Waals surface area contributed by atoms with Gasteiger partial charge in [-0.15, -0.1) is 10.2 Å². The Morgan fingerprint density at radius 3 is 2.61 bits per heavy atom. The highest BCUT2D eigenvalue weighted by molar-refractivity contribution is 7.99. The molecule has 10 heteroatoms. The molecule has 0 saturated heterocycles. The minimum atomic E-state index is -4.48. The molecule has 168 valence electrons. The zero-order chi connectivity index (χ0) is 23.4. The van der Waals surface area contributed by atoms with E-state index < -0.39 is 17.6 Å². The molecule has 2 aromatic carbocycles. The Bertz CT molecular complexity index is 1270. The van der Waals surface area contributed by atoms with Gasteiger partial charge in [0.15, 0.2) is 11.0 Å². The molecule has 1 amide bonds. The number of pyridine rings is 1. The summed E-state index contributed by atoms with van der Waals surface area (Å²) in [6, 6.07) is 15.9. The van der Waals surface area contributed by atoms with E-state index in [1.165, 1.54) is 12.1 Å². The lowest BCUT2D eigenvalue weighted by atomic mass is 10.2. The number of nitrogens with zero attached hydrogens (tertiary/aromatic N) is 4. The maximum atomic E-state index is 12.9. The minimum absolute atomic E-state index is 0.0622. The van der Waals surface area contributed by atoms with Gasteiger partial charge in [0, 0.05) is 23.6 Å². The van der Waals surface area contributed by atoms with Gasteiger partial charge in [0.05, 0.1) is 17.0 Å². The lowest BCUT2D eigenvalue weighted by Crippen LogP contribution is -2.15. The Balaban J connectivity index is 1.57. The predicted molar refractivity (Wildman–Crippen MR) is 120 cm³/mol. The summed E-state index contributed by atoms with van der Waals surface area (Å²) in [5, 5.41) is 11.5. The first-order valence-electron chi connectivity index (χ1n) is 9.84. The highest BCUT2D eigenvalue weighted by atomic mass is 32.2. The van der Waals surface area contributed by atoms with E-state index in [2.05, 4.69) is 20.5 Å². The summed E-state index contributed by atoms with van der Waals surface area (Å²) >= 11 is 1.14. The summed E-state index contributed by atoms with van der Waals surface area (Å²) in [5.41, 5.74) is 1.84. The molecule has 0 radical (unpaired) electrons. The number of halogens is 3. The number of para-hydroxylation sites is 1. The number of thioether (sulfide) groups is 1. The van der Waals surface area contributed by atoms with Gasteiger partial charge in [-0.25, -0.2) is 0 Å². The number of hydrogen-bond acceptors (Lipinski definition) is 5. The van der Waals surface area contributed by atoms with Crippen LogP contribution in [0.5, 0.6) is 0 Å². The first kappa shape index (κ1) is 22.5. The minimum Gasteiger partial charge on any atom is -0.325 e. The number of amides is 1. The molecule has 6 nitrogen and oxygen atoms in total. The molecular weight excluding hydrogens is 451 g/mol. The van der Waals surface area contributed by atoms with Crippen molar-refractivity contribution in [2.24, 2.45) is 0 Å². The van der Waals surface area contributed by atoms with Crippen LogP contribution in [0, 0.1) is 6.92 Å². The second kappa shape index (κ2) is 9.45. The maximum absolute atomic E-state index is 12.9. The summed E-state index contributed by atoms with van der Waals surface area (Å²) in [6.45, 7) is 1.96. The lowest BCUT2D eigenvalue weighted by Gasteiger charge is -2.13. The van der Waals surface area contributed by atoms with Crippen molar-refractivity contribution in [3.05, 3.63) is 84.2 Å². The molecule has 0 fully saturated rings. The standard InChI is InChI=1S/C23H18F3N5OS/c1-15-6-2-3-10-19(15)31-21(16-7-5-11-27-13-16)29-30-22(31)33-14-20(32)28-18-9-4-8-17(12-18)23(24,25)26/h2-13H,14H2,1H3,(H,28,32). The second-order valence-electron chi connectivity index (χ2n) is 7.09. The number of benzene rings is 2. The van der Waals surface area contributed by atoms with Crippen molar-refractivity contribution in [1.29, 1.82) is 0 Å². The fraction of sp³-hybridized carbons (Fsp3) is 0.130. The van der Waals surface area contributed by atoms with Gasteiger partial charge in [-0.1, -0.05) is 36.0 Å². The van der Waals surface area contributed by atoms with Crippen molar-refractivity contribution in [1.82, 2.24) is 19.7 Å². The van der Waals surface area contributed by atoms with Gasteiger partial charge in [-0.3, -0.25) is 14.3 Å². The number of nitrogens with one attached hydrogen (secondary N) is 1. The number of alkyl halides is 3. The Kier molecular flexibility index (Phi) is 6.45. The second-order valence-corrected chi connectivity index (χ2v) is 8.03. The molecule has 4 aromatic rings. The highest BCUT2D eigenvalue weighted by Gasteiger charge is 2.30. The van der Waals surface area contributed by atoms with Gasteiger partial charge in [-0.05, 0) is 48.9 Å². The van der Waals surface area contributed by atoms with Gasteiger partial charge in [0.25, 0.3) is 0 Å². The number of aromatic nitrogens is 4. The monoisotopic (exact) mass is 469 g/mol. The first-order valence-corrected chi connectivity index (χ1v) is 10.8. The van der Waals surface area contributed by atoms with Crippen molar-refractivity contribution < 1.29 is 18.0 Å². The van der Waals surface area contributed by atoms with E-state index in [9.17, 15) is 18.0 Å². The average molecular weight is 469 g/mol. The third kappa shape index (κ3) is 5.23. The number of hydrogen-bond donors (Lipinski definition) is 1. The van der Waals surface area contributed by atoms with Gasteiger partial charge < -0.3 is 5.32 Å². The van der Waals surface area contributed by atoms with Crippen LogP contribution in [-0.2, 0) is 11.0 Å². The molecule has 0 aliphatic rings. The average Bonchev–Trinajstić information content (AvgIpc) is 3.22. The molecule has 0 aliphatic heterocycles. The lowest BCUT2D eigenvalue weighted by molar-refractivity contribution is -0.137. The number of rotatable bonds is 6. The van der Waals surface area contributed by atoms with Crippen LogP contribution in [0.4, 0.5) is 18.9 Å². The number of aryl methyl sites for hydroxylation is 1. The zero-order valence-electron chi connectivity index (χ0n) is 17.4. The van der Waals surface area contributed by atoms with Gasteiger partial charge in [0.1, 0.15) is 0 Å². The SMILES string of the molecule is Cc1ccccc1-n1c(SCC(=O)Nc2cccc(C(F)(F)F)c2)nnc1-c1cccnc1. The molecule has 0 aliphatic carbocycles. The van der Waals surface area contributed by atoms with Gasteiger partial charge >= 0.3 is 6.18 Å². The van der Waals surface area contributed by atoms with E-state index >= 15 is 0 Å². The van der Waals surface area contributed by atoms with Gasteiger partial charge in [0.2, 0.25) is 5.91 Å². The molecule has 2 aromatic heterocycles. The normalized spacial score (nSPS) is 11.4. The Hall–Kier alpha value is -3.66. The molecule has 0 unspecified atom stereocenters. The van der Waals surface area contributed by atoms with Crippen LogP contribution in [0.25, 0.3) is 17.1 Å². The van der Waals surface area contributed by atoms with Crippen LogP contribution in [0.2, 0.25) is 0 Å². The van der Waals surface area contributed by atoms with E-state index in [1.54, 1.807) is 18.5 Å². The molecule has 0 saturated carbocycles. The Labute approximate surface area is 191 Å². The van der Waals surface area contributed by atoms with Crippen LogP contribution < -0.4 is 5.32 Å². The molecule has 0 spiro atoms. The topological polar surface area (TPSA) is 72.7 Å². The van der Waals surface area contributed by atoms with Gasteiger partial charge in [-0.2, -0.15) is 13.2 Å². The summed E-state index contributed by atoms with van der Waals surface area (Å²) < 4.78 is 40.6. The summed E-state index contributed by atoms with van der Waals surface area (Å²) in [5.74, 6) is 0.0487. The van der Waals surface area contributed by atoms with Crippen molar-refractivity contribution in [3.63, 3.8) is 0 Å². The molecule has 4 rings (SSSR count). The number of carbonyl (C=O) groups excluding carboxylic acids is 1. The third-order valence-electron chi connectivity index (χ3n) is 4.72. The summed E-state index contributed by atoms with van der Waals surface area (Å²) in [6.07, 6.45) is -1.15. The first-order chi connectivity index (χ1) is 15.8. The van der Waals surface area contributed by atoms with E-state index in [1.807, 2.05) is 41.8 Å². The predicted octanol–water partition coefficient (Wildman–Crippen LogP) is 5.39. The summed E-state index contributed by atoms with van der Waals surface area (Å²) in [7, 11) is 0. The van der Waals surface area contributed by atoms with Crippen LogP contribution >= 0.6 is 11.8 Å². The van der Waals surface area contributed by atoms with Crippen molar-refractivity contribution >= 4 is 23.4 Å². The summed E-state index contributed by atoms with van der Waals surface area (Å²) in [4.78, 5) is 16.6. The Morgan fingerprint density at radius 2 is 1.88 bits per heavy atom. The molecular formula is C23H18F3N5OS. The zero-order valence-corrected chi connectivity index (χ0v) is 18.2. The quantitative estimate of drug-likeness (QED) is 0.384. The molecule has 0 bridgehead atoms. The van der Waals surface area contributed by atoms with E-state index in [0.29, 0.717) is 11.0 Å². The smallest absolute Gasteiger partial charge is 0.325 e. The maximum Gasteiger partial charge on any atom is 0.416 e. The molecule has 0 atom stereocenters. The molecule has 1 N–H and O–H groups in total.